The number of likely N-dealkylation sites (tertiary alicyclic amines) is 1. The predicted molar refractivity (Wildman–Crippen MR) is 91.7 cm³/mol. The van der Waals surface area contributed by atoms with Gasteiger partial charge in [-0.3, -0.25) is 4.79 Å². The van der Waals surface area contributed by atoms with Crippen molar-refractivity contribution in [2.75, 3.05) is 27.8 Å². The zero-order chi connectivity index (χ0) is 17.5. The molecule has 1 aliphatic carbocycles. The highest BCUT2D eigenvalue weighted by Crippen LogP contribution is 2.51. The van der Waals surface area contributed by atoms with E-state index in [1.54, 1.807) is 21.1 Å². The molecule has 5 heteroatoms. The van der Waals surface area contributed by atoms with E-state index >= 15 is 0 Å². The van der Waals surface area contributed by atoms with Gasteiger partial charge in [-0.05, 0) is 57.5 Å². The molecule has 4 atom stereocenters. The molecule has 0 bridgehead atoms. The number of likely N-dealkylation sites (N-methyl/N-ethyl adjacent to an activating group) is 1. The molecular formula is C19H27NO4. The maximum atomic E-state index is 12.1. The number of fused-ring (bicyclic) bond motifs is 1. The molecule has 0 aromatic heterocycles. The van der Waals surface area contributed by atoms with E-state index in [1.165, 1.54) is 5.56 Å². The Hall–Kier alpha value is -1.59. The number of benzene rings is 1. The number of aliphatic hydroxyl groups excluding tert-OH is 1. The summed E-state index contributed by atoms with van der Waals surface area (Å²) in [5.74, 6) is 1.21. The molecule has 2 fully saturated rings. The van der Waals surface area contributed by atoms with Crippen LogP contribution in [0.15, 0.2) is 18.2 Å². The lowest BCUT2D eigenvalue weighted by Crippen LogP contribution is -2.52. The Labute approximate surface area is 143 Å². The largest absolute Gasteiger partial charge is 0.493 e. The molecular weight excluding hydrogens is 306 g/mol. The average molecular weight is 333 g/mol. The summed E-state index contributed by atoms with van der Waals surface area (Å²) < 4.78 is 10.8. The highest BCUT2D eigenvalue weighted by Gasteiger charge is 2.54. The Bertz CT molecular complexity index is 632. The number of methoxy groups -OCH3 is 2. The summed E-state index contributed by atoms with van der Waals surface area (Å²) in [5, 5.41) is 10.5. The molecule has 3 rings (SSSR count). The number of Topliss-reactive ketones (excluding diaryl/α,β-unsaturated/α-hetero) is 1. The molecule has 1 aliphatic heterocycles. The van der Waals surface area contributed by atoms with Crippen LogP contribution in [0.1, 0.15) is 31.7 Å². The number of ketones is 1. The third-order valence-corrected chi connectivity index (χ3v) is 6.07. The lowest BCUT2D eigenvalue weighted by molar-refractivity contribution is -0.128. The van der Waals surface area contributed by atoms with Crippen LogP contribution in [0.2, 0.25) is 0 Å². The number of carbonyl (C=O) groups is 1. The first kappa shape index (κ1) is 17.2. The summed E-state index contributed by atoms with van der Waals surface area (Å²) in [6, 6.07) is 6.30. The molecule has 1 N–H and O–H groups in total. The Morgan fingerprint density at radius 2 is 2.00 bits per heavy atom. The van der Waals surface area contributed by atoms with Crippen LogP contribution in [0.3, 0.4) is 0 Å². The van der Waals surface area contributed by atoms with Crippen molar-refractivity contribution in [3.63, 3.8) is 0 Å². The highest BCUT2D eigenvalue weighted by atomic mass is 16.5. The fourth-order valence-corrected chi connectivity index (χ4v) is 4.70. The highest BCUT2D eigenvalue weighted by molar-refractivity contribution is 5.79. The number of aliphatic hydroxyl groups is 1. The molecule has 132 valence electrons. The van der Waals surface area contributed by atoms with Gasteiger partial charge in [-0.1, -0.05) is 6.07 Å². The van der Waals surface area contributed by atoms with Gasteiger partial charge in [0.1, 0.15) is 5.78 Å². The van der Waals surface area contributed by atoms with Crippen LogP contribution in [0.25, 0.3) is 0 Å². The van der Waals surface area contributed by atoms with Crippen molar-refractivity contribution in [1.82, 2.24) is 4.90 Å². The normalized spacial score (nSPS) is 33.1. The summed E-state index contributed by atoms with van der Waals surface area (Å²) in [5.41, 5.74) is 1.05. The number of hydrogen-bond acceptors (Lipinski definition) is 5. The van der Waals surface area contributed by atoms with Crippen molar-refractivity contribution in [3.05, 3.63) is 23.8 Å². The molecule has 1 saturated carbocycles. The van der Waals surface area contributed by atoms with E-state index in [0.29, 0.717) is 24.3 Å². The van der Waals surface area contributed by atoms with E-state index in [0.717, 1.165) is 13.0 Å². The lowest BCUT2D eigenvalue weighted by atomic mass is 9.61. The van der Waals surface area contributed by atoms with Gasteiger partial charge in [-0.2, -0.15) is 0 Å². The third-order valence-electron chi connectivity index (χ3n) is 6.07. The molecule has 1 aromatic rings. The fourth-order valence-electron chi connectivity index (χ4n) is 4.70. The lowest BCUT2D eigenvalue weighted by Gasteiger charge is -2.46. The first-order valence-corrected chi connectivity index (χ1v) is 8.54. The maximum Gasteiger partial charge on any atom is 0.161 e. The Morgan fingerprint density at radius 1 is 1.29 bits per heavy atom. The molecule has 2 aliphatic rings. The predicted octanol–water partition coefficient (Wildman–Crippen LogP) is 2.01. The SMILES string of the molecule is COc1ccc([C@]23CCN(C)[C@H]2C[C@H](O)[C@H](C(C)=O)C3)cc1OC. The Kier molecular flexibility index (Phi) is 4.58. The first-order chi connectivity index (χ1) is 11.4. The monoisotopic (exact) mass is 333 g/mol. The second-order valence-electron chi connectivity index (χ2n) is 7.20. The minimum atomic E-state index is -0.554. The molecule has 0 radical (unpaired) electrons. The van der Waals surface area contributed by atoms with E-state index in [4.69, 9.17) is 9.47 Å². The van der Waals surface area contributed by atoms with Crippen molar-refractivity contribution in [2.45, 2.75) is 43.7 Å². The molecule has 24 heavy (non-hydrogen) atoms. The number of nitrogens with zero attached hydrogens (tertiary/aromatic N) is 1. The smallest absolute Gasteiger partial charge is 0.161 e. The van der Waals surface area contributed by atoms with E-state index < -0.39 is 6.10 Å². The minimum absolute atomic E-state index is 0.0790. The number of hydrogen-bond donors (Lipinski definition) is 1. The minimum Gasteiger partial charge on any atom is -0.493 e. The van der Waals surface area contributed by atoms with Crippen molar-refractivity contribution < 1.29 is 19.4 Å². The van der Waals surface area contributed by atoms with E-state index in [9.17, 15) is 9.90 Å². The van der Waals surface area contributed by atoms with Crippen molar-refractivity contribution in [1.29, 1.82) is 0 Å². The summed E-state index contributed by atoms with van der Waals surface area (Å²) in [6.07, 6.45) is 1.75. The molecule has 1 heterocycles. The van der Waals surface area contributed by atoms with Gasteiger partial charge in [0.2, 0.25) is 0 Å². The summed E-state index contributed by atoms with van der Waals surface area (Å²) in [6.45, 7) is 2.56. The fraction of sp³-hybridized carbons (Fsp3) is 0.632. The molecule has 0 unspecified atom stereocenters. The molecule has 0 amide bonds. The van der Waals surface area contributed by atoms with Crippen LogP contribution in [0, 0.1) is 5.92 Å². The van der Waals surface area contributed by atoms with Gasteiger partial charge in [-0.15, -0.1) is 0 Å². The summed E-state index contributed by atoms with van der Waals surface area (Å²) in [7, 11) is 5.37. The number of carbonyl (C=O) groups excluding carboxylic acids is 1. The first-order valence-electron chi connectivity index (χ1n) is 8.54. The van der Waals surface area contributed by atoms with Crippen LogP contribution in [0.5, 0.6) is 11.5 Å². The van der Waals surface area contributed by atoms with Crippen LogP contribution in [-0.4, -0.2) is 55.7 Å². The van der Waals surface area contributed by atoms with E-state index in [-0.39, 0.29) is 23.2 Å². The summed E-state index contributed by atoms with van der Waals surface area (Å²) >= 11 is 0. The molecule has 5 nitrogen and oxygen atoms in total. The van der Waals surface area contributed by atoms with E-state index in [2.05, 4.69) is 18.0 Å². The molecule has 1 aromatic carbocycles. The van der Waals surface area contributed by atoms with Crippen molar-refractivity contribution in [3.8, 4) is 11.5 Å². The second-order valence-corrected chi connectivity index (χ2v) is 7.20. The van der Waals surface area contributed by atoms with Gasteiger partial charge >= 0.3 is 0 Å². The van der Waals surface area contributed by atoms with Gasteiger partial charge in [0, 0.05) is 17.4 Å². The number of rotatable bonds is 4. The quantitative estimate of drug-likeness (QED) is 0.913. The Balaban J connectivity index is 2.06. The maximum absolute atomic E-state index is 12.1. The van der Waals surface area contributed by atoms with Gasteiger partial charge < -0.3 is 19.5 Å². The van der Waals surface area contributed by atoms with Crippen LogP contribution in [-0.2, 0) is 10.2 Å². The van der Waals surface area contributed by atoms with Crippen molar-refractivity contribution >= 4 is 5.78 Å². The second kappa shape index (κ2) is 6.37. The topological polar surface area (TPSA) is 59.0 Å². The van der Waals surface area contributed by atoms with Crippen LogP contribution < -0.4 is 9.47 Å². The van der Waals surface area contributed by atoms with Gasteiger partial charge in [0.05, 0.1) is 20.3 Å². The van der Waals surface area contributed by atoms with Gasteiger partial charge in [0.25, 0.3) is 0 Å². The third kappa shape index (κ3) is 2.60. The standard InChI is InChI=1S/C19H27NO4/c1-12(21)14-11-19(7-8-20(2)18(19)10-15(14)22)13-5-6-16(23-3)17(9-13)24-4/h5-6,9,14-15,18,22H,7-8,10-11H2,1-4H3/t14-,15-,18-,19+/m0/s1. The van der Waals surface area contributed by atoms with Crippen LogP contribution in [0.4, 0.5) is 0 Å². The van der Waals surface area contributed by atoms with Crippen LogP contribution >= 0.6 is 0 Å². The zero-order valence-electron chi connectivity index (χ0n) is 14.9. The molecule has 1 saturated heterocycles. The summed E-state index contributed by atoms with van der Waals surface area (Å²) in [4.78, 5) is 14.4. The zero-order valence-corrected chi connectivity index (χ0v) is 14.9. The number of ether oxygens (including phenoxy) is 2. The Morgan fingerprint density at radius 3 is 2.62 bits per heavy atom. The van der Waals surface area contributed by atoms with Crippen molar-refractivity contribution in [2.24, 2.45) is 5.92 Å². The van der Waals surface area contributed by atoms with Gasteiger partial charge in [-0.25, -0.2) is 0 Å². The van der Waals surface area contributed by atoms with Gasteiger partial charge in [0.15, 0.2) is 11.5 Å². The molecule has 0 spiro atoms. The van der Waals surface area contributed by atoms with E-state index in [1.807, 2.05) is 12.1 Å². The average Bonchev–Trinajstić information content (AvgIpc) is 2.91.